The normalized spacial score (nSPS) is 16.9. The largest absolute Gasteiger partial charge is 0.392 e. The third-order valence-electron chi connectivity index (χ3n) is 9.81. The summed E-state index contributed by atoms with van der Waals surface area (Å²) in [5.41, 5.74) is 3.28. The zero-order valence-corrected chi connectivity index (χ0v) is 30.7. The van der Waals surface area contributed by atoms with Crippen LogP contribution in [0.15, 0.2) is 73.6 Å². The Morgan fingerprint density at radius 3 is 2.51 bits per heavy atom. The van der Waals surface area contributed by atoms with Gasteiger partial charge in [-0.15, -0.1) is 0 Å². The number of ether oxygens (including phenoxy) is 1. The summed E-state index contributed by atoms with van der Waals surface area (Å²) in [6.07, 6.45) is 6.38. The van der Waals surface area contributed by atoms with E-state index in [-0.39, 0.29) is 40.1 Å². The number of halogens is 1. The van der Waals surface area contributed by atoms with Crippen molar-refractivity contribution in [3.8, 4) is 11.4 Å². The van der Waals surface area contributed by atoms with Gasteiger partial charge in [0.05, 0.1) is 23.5 Å². The number of amides is 2. The molecule has 0 aliphatic carbocycles. The molecule has 2 fully saturated rings. The van der Waals surface area contributed by atoms with E-state index in [0.29, 0.717) is 28.8 Å². The molecule has 0 unspecified atom stereocenters. The van der Waals surface area contributed by atoms with Crippen molar-refractivity contribution in [2.75, 3.05) is 53.7 Å². The molecule has 4 N–H and O–H groups in total. The number of aliphatic hydroxyl groups excluding tert-OH is 1. The van der Waals surface area contributed by atoms with Crippen LogP contribution in [0.1, 0.15) is 62.0 Å². The first-order valence-electron chi connectivity index (χ1n) is 17.9. The van der Waals surface area contributed by atoms with E-state index < -0.39 is 18.3 Å². The molecule has 2 aromatic heterocycles. The fraction of sp³-hybridized carbons (Fsp3) is 0.375. The molecule has 1 atom stereocenters. The fourth-order valence-corrected chi connectivity index (χ4v) is 6.89. The Bertz CT molecular complexity index is 1980. The van der Waals surface area contributed by atoms with Gasteiger partial charge in [0, 0.05) is 74.1 Å². The van der Waals surface area contributed by atoms with Crippen molar-refractivity contribution >= 4 is 40.5 Å². The lowest BCUT2D eigenvalue weighted by Crippen LogP contribution is -2.56. The number of anilines is 5. The highest BCUT2D eigenvalue weighted by atomic mass is 19.1. The minimum atomic E-state index is -0.697. The molecular weight excluding hydrogens is 675 g/mol. The Morgan fingerprint density at radius 2 is 1.81 bits per heavy atom. The summed E-state index contributed by atoms with van der Waals surface area (Å²) >= 11 is 0. The van der Waals surface area contributed by atoms with Crippen LogP contribution in [0.4, 0.5) is 33.1 Å². The second kappa shape index (κ2) is 16.2. The summed E-state index contributed by atoms with van der Waals surface area (Å²) < 4.78 is 20.6. The third kappa shape index (κ3) is 8.70. The number of aromatic nitrogens is 3. The van der Waals surface area contributed by atoms with E-state index in [1.165, 1.54) is 24.4 Å². The molecule has 6 rings (SSSR count). The predicted octanol–water partition coefficient (Wildman–Crippen LogP) is 6.28. The lowest BCUT2D eigenvalue weighted by molar-refractivity contribution is -0.111. The number of hydrogen-bond donors (Lipinski definition) is 4. The van der Waals surface area contributed by atoms with Crippen LogP contribution >= 0.6 is 0 Å². The van der Waals surface area contributed by atoms with Crippen LogP contribution in [0.5, 0.6) is 0 Å². The average Bonchev–Trinajstić information content (AvgIpc) is 3.15. The molecule has 2 saturated heterocycles. The predicted molar refractivity (Wildman–Crippen MR) is 205 cm³/mol. The molecule has 2 aromatic carbocycles. The standard InChI is InChI=1S/C40H47FN8O4/c1-6-36(51)45-33-22-27(8-10-34(33)49-18-17-48(23-25(49)2)28-13-19-53-20-14-28)44-35-12-16-43-37(46-35)29-11-15-42-38(31(29)24-50)47-39(52)30-9-7-26(21-32(30)41)40(3,4)5/h6-12,15-16,21-22,25,28,50H,1,13-14,17-20,23-24H2,2-5H3,(H,45,51)(H,42,47,52)(H,43,44,46)/t25-/m0/s1. The van der Waals surface area contributed by atoms with E-state index in [1.54, 1.807) is 24.4 Å². The van der Waals surface area contributed by atoms with Crippen LogP contribution in [-0.2, 0) is 21.6 Å². The first-order chi connectivity index (χ1) is 25.4. The molecule has 4 aromatic rings. The molecule has 0 spiro atoms. The van der Waals surface area contributed by atoms with Crippen molar-refractivity contribution in [1.82, 2.24) is 19.9 Å². The molecule has 0 bridgehead atoms. The van der Waals surface area contributed by atoms with Crippen molar-refractivity contribution in [2.24, 2.45) is 0 Å². The molecule has 2 aliphatic heterocycles. The maximum absolute atomic E-state index is 15.0. The maximum Gasteiger partial charge on any atom is 0.259 e. The van der Waals surface area contributed by atoms with Crippen molar-refractivity contribution in [3.63, 3.8) is 0 Å². The topological polar surface area (TPSA) is 145 Å². The lowest BCUT2D eigenvalue weighted by Gasteiger charge is -2.45. The van der Waals surface area contributed by atoms with Gasteiger partial charge in [-0.2, -0.15) is 0 Å². The van der Waals surface area contributed by atoms with Crippen LogP contribution in [0, 0.1) is 5.82 Å². The number of nitrogens with zero attached hydrogens (tertiary/aromatic N) is 5. The third-order valence-corrected chi connectivity index (χ3v) is 9.81. The highest BCUT2D eigenvalue weighted by molar-refractivity contribution is 6.05. The summed E-state index contributed by atoms with van der Waals surface area (Å²) in [7, 11) is 0. The summed E-state index contributed by atoms with van der Waals surface area (Å²) in [6.45, 7) is 15.5. The number of carbonyl (C=O) groups is 2. The Balaban J connectivity index is 1.21. The van der Waals surface area contributed by atoms with Gasteiger partial charge in [0.15, 0.2) is 5.82 Å². The number of pyridine rings is 1. The molecule has 278 valence electrons. The van der Waals surface area contributed by atoms with Gasteiger partial charge in [0.25, 0.3) is 5.91 Å². The van der Waals surface area contributed by atoms with E-state index in [0.717, 1.165) is 56.9 Å². The molecule has 4 heterocycles. The Labute approximate surface area is 309 Å². The monoisotopic (exact) mass is 722 g/mol. The van der Waals surface area contributed by atoms with Gasteiger partial charge in [0.2, 0.25) is 5.91 Å². The molecule has 2 amide bonds. The van der Waals surface area contributed by atoms with Crippen LogP contribution in [0.3, 0.4) is 0 Å². The number of rotatable bonds is 10. The highest BCUT2D eigenvalue weighted by Gasteiger charge is 2.31. The van der Waals surface area contributed by atoms with Gasteiger partial charge < -0.3 is 30.7 Å². The Morgan fingerprint density at radius 1 is 1.04 bits per heavy atom. The van der Waals surface area contributed by atoms with E-state index >= 15 is 4.39 Å². The zero-order valence-electron chi connectivity index (χ0n) is 30.7. The van der Waals surface area contributed by atoms with Crippen LogP contribution < -0.4 is 20.9 Å². The van der Waals surface area contributed by atoms with Crippen LogP contribution in [-0.4, -0.2) is 81.7 Å². The number of carbonyl (C=O) groups excluding carboxylic acids is 2. The SMILES string of the molecule is C=CC(=O)Nc1cc(Nc2ccnc(-c3ccnc(NC(=O)c4ccc(C(C)(C)C)cc4F)c3CO)n2)ccc1N1CCN(C2CCOCC2)C[C@@H]1C. The van der Waals surface area contributed by atoms with Crippen LogP contribution in [0.2, 0.25) is 0 Å². The second-order valence-corrected chi connectivity index (χ2v) is 14.4. The van der Waals surface area contributed by atoms with E-state index in [2.05, 4.69) is 49.2 Å². The zero-order chi connectivity index (χ0) is 37.7. The fourth-order valence-electron chi connectivity index (χ4n) is 6.89. The average molecular weight is 723 g/mol. The molecule has 0 saturated carbocycles. The minimum absolute atomic E-state index is 0.0669. The Kier molecular flexibility index (Phi) is 11.5. The number of hydrogen-bond acceptors (Lipinski definition) is 10. The lowest BCUT2D eigenvalue weighted by atomic mass is 9.86. The van der Waals surface area contributed by atoms with Gasteiger partial charge in [-0.3, -0.25) is 14.5 Å². The molecule has 0 radical (unpaired) electrons. The molecule has 13 heteroatoms. The van der Waals surface area contributed by atoms with Crippen molar-refractivity contribution in [1.29, 1.82) is 0 Å². The highest BCUT2D eigenvalue weighted by Crippen LogP contribution is 2.34. The minimum Gasteiger partial charge on any atom is -0.392 e. The summed E-state index contributed by atoms with van der Waals surface area (Å²) in [5.74, 6) is -0.876. The molecule has 53 heavy (non-hydrogen) atoms. The summed E-state index contributed by atoms with van der Waals surface area (Å²) in [5, 5.41) is 19.3. The molecular formula is C40H47FN8O4. The number of aliphatic hydroxyl groups is 1. The van der Waals surface area contributed by atoms with Gasteiger partial charge in [-0.05, 0) is 79.3 Å². The van der Waals surface area contributed by atoms with Crippen molar-refractivity contribution in [2.45, 2.75) is 64.6 Å². The summed E-state index contributed by atoms with van der Waals surface area (Å²) in [4.78, 5) is 44.0. The first kappa shape index (κ1) is 37.5. The van der Waals surface area contributed by atoms with Gasteiger partial charge in [-0.1, -0.05) is 33.4 Å². The quantitative estimate of drug-likeness (QED) is 0.138. The Hall–Kier alpha value is -5.24. The summed E-state index contributed by atoms with van der Waals surface area (Å²) in [6, 6.07) is 14.4. The van der Waals surface area contributed by atoms with Crippen molar-refractivity contribution < 1.29 is 23.8 Å². The second-order valence-electron chi connectivity index (χ2n) is 14.4. The maximum atomic E-state index is 15.0. The number of benzene rings is 2. The van der Waals surface area contributed by atoms with Crippen LogP contribution in [0.25, 0.3) is 11.4 Å². The molecule has 12 nitrogen and oxygen atoms in total. The molecule has 2 aliphatic rings. The van der Waals surface area contributed by atoms with Gasteiger partial charge >= 0.3 is 0 Å². The van der Waals surface area contributed by atoms with E-state index in [4.69, 9.17) is 9.72 Å². The van der Waals surface area contributed by atoms with Gasteiger partial charge in [-0.25, -0.2) is 19.3 Å². The number of nitrogens with one attached hydrogen (secondary N) is 3. The van der Waals surface area contributed by atoms with Crippen molar-refractivity contribution in [3.05, 3.63) is 96.1 Å². The smallest absolute Gasteiger partial charge is 0.259 e. The van der Waals surface area contributed by atoms with E-state index in [1.807, 2.05) is 39.0 Å². The first-order valence-corrected chi connectivity index (χ1v) is 17.9. The van der Waals surface area contributed by atoms with Gasteiger partial charge in [0.1, 0.15) is 17.5 Å². The van der Waals surface area contributed by atoms with E-state index in [9.17, 15) is 14.7 Å². The number of piperazine rings is 1.